The fraction of sp³-hybridized carbons (Fsp3) is 0. The molecule has 0 fully saturated rings. The quantitative estimate of drug-likeness (QED) is 0.185. The highest BCUT2D eigenvalue weighted by Gasteiger charge is 2.26. The van der Waals surface area contributed by atoms with Crippen molar-refractivity contribution in [3.05, 3.63) is 164 Å². The van der Waals surface area contributed by atoms with E-state index in [2.05, 4.69) is 150 Å². The van der Waals surface area contributed by atoms with Crippen molar-refractivity contribution in [1.29, 1.82) is 0 Å². The summed E-state index contributed by atoms with van der Waals surface area (Å²) in [7, 11) is 0. The topological polar surface area (TPSA) is 43.9 Å². The molecule has 4 nitrogen and oxygen atoms in total. The Morgan fingerprint density at radius 2 is 1.09 bits per heavy atom. The van der Waals surface area contributed by atoms with Gasteiger partial charge in [-0.2, -0.15) is 4.98 Å². The van der Waals surface area contributed by atoms with Crippen molar-refractivity contribution < 1.29 is 4.42 Å². The fourth-order valence-electron chi connectivity index (χ4n) is 8.52. The molecule has 0 unspecified atom stereocenters. The number of hydrogen-bond donors (Lipinski definition) is 0. The van der Waals surface area contributed by atoms with Crippen LogP contribution in [-0.4, -0.2) is 14.5 Å². The number of thiophene rings is 1. The van der Waals surface area contributed by atoms with Crippen LogP contribution in [0.1, 0.15) is 0 Å². The van der Waals surface area contributed by atoms with Crippen molar-refractivity contribution in [2.24, 2.45) is 0 Å². The zero-order valence-electron chi connectivity index (χ0n) is 28.2. The van der Waals surface area contributed by atoms with Crippen molar-refractivity contribution in [1.82, 2.24) is 14.5 Å². The number of para-hydroxylation sites is 1. The zero-order valence-corrected chi connectivity index (χ0v) is 29.1. The minimum Gasteiger partial charge on any atom is -0.437 e. The molecule has 12 aromatic rings. The van der Waals surface area contributed by atoms with Crippen LogP contribution in [-0.2, 0) is 0 Å². The lowest BCUT2D eigenvalue weighted by Crippen LogP contribution is -2.03. The van der Waals surface area contributed by atoms with Crippen LogP contribution < -0.4 is 0 Å². The Morgan fingerprint density at radius 1 is 0.453 bits per heavy atom. The monoisotopic (exact) mass is 693 g/mol. The first-order valence-corrected chi connectivity index (χ1v) is 18.7. The van der Waals surface area contributed by atoms with Gasteiger partial charge in [0.25, 0.3) is 0 Å². The maximum Gasteiger partial charge on any atom is 0.238 e. The molecule has 0 atom stereocenters. The third kappa shape index (κ3) is 4.05. The van der Waals surface area contributed by atoms with Gasteiger partial charge >= 0.3 is 0 Å². The average Bonchev–Trinajstić information content (AvgIpc) is 3.91. The highest BCUT2D eigenvalue weighted by Crippen LogP contribution is 2.49. The van der Waals surface area contributed by atoms with Crippen molar-refractivity contribution >= 4 is 96.9 Å². The summed E-state index contributed by atoms with van der Waals surface area (Å²) in [5.74, 6) is 0.586. The van der Waals surface area contributed by atoms with Gasteiger partial charge in [0, 0.05) is 37.2 Å². The lowest BCUT2D eigenvalue weighted by Gasteiger charge is -2.11. The molecule has 0 aliphatic rings. The van der Waals surface area contributed by atoms with Gasteiger partial charge in [0.15, 0.2) is 0 Å². The minimum absolute atomic E-state index is 0.572. The molecular formula is C48H27N3OS. The van der Waals surface area contributed by atoms with Crippen LogP contribution in [0.5, 0.6) is 0 Å². The first-order valence-electron chi connectivity index (χ1n) is 17.8. The van der Waals surface area contributed by atoms with E-state index in [1.807, 2.05) is 29.5 Å². The first kappa shape index (κ1) is 28.8. The zero-order chi connectivity index (χ0) is 34.6. The van der Waals surface area contributed by atoms with E-state index in [1.54, 1.807) is 0 Å². The predicted molar refractivity (Wildman–Crippen MR) is 222 cm³/mol. The number of rotatable bonds is 3. The molecule has 5 heteroatoms. The summed E-state index contributed by atoms with van der Waals surface area (Å²) in [5.41, 5.74) is 7.74. The predicted octanol–water partition coefficient (Wildman–Crippen LogP) is 13.5. The molecule has 8 aromatic carbocycles. The SMILES string of the molecule is c1ccc(-c2ccc(-c3nc(-n4c5ccc6ccccc6c5c5c6ccccc6c6c7ccccc7sc6c54)nc4oc5ccccc5c34)cc2)cc1. The molecule has 12 rings (SSSR count). The Balaban J connectivity index is 1.26. The lowest BCUT2D eigenvalue weighted by atomic mass is 9.97. The van der Waals surface area contributed by atoms with Crippen LogP contribution in [0.3, 0.4) is 0 Å². The van der Waals surface area contributed by atoms with E-state index in [0.29, 0.717) is 11.7 Å². The van der Waals surface area contributed by atoms with Gasteiger partial charge in [-0.05, 0) is 50.9 Å². The fourth-order valence-corrected chi connectivity index (χ4v) is 9.77. The van der Waals surface area contributed by atoms with Crippen LogP contribution in [0, 0.1) is 0 Å². The van der Waals surface area contributed by atoms with Crippen molar-refractivity contribution in [2.45, 2.75) is 0 Å². The van der Waals surface area contributed by atoms with Crippen molar-refractivity contribution in [2.75, 3.05) is 0 Å². The maximum atomic E-state index is 6.58. The molecule has 0 spiro atoms. The van der Waals surface area contributed by atoms with E-state index in [9.17, 15) is 0 Å². The summed E-state index contributed by atoms with van der Waals surface area (Å²) < 4.78 is 11.4. The molecule has 0 saturated carbocycles. The number of hydrogen-bond acceptors (Lipinski definition) is 4. The van der Waals surface area contributed by atoms with Crippen LogP contribution in [0.15, 0.2) is 168 Å². The van der Waals surface area contributed by atoms with Gasteiger partial charge in [0.05, 0.1) is 26.8 Å². The Kier molecular flexibility index (Phi) is 5.90. The Labute approximate surface area is 306 Å². The van der Waals surface area contributed by atoms with Gasteiger partial charge in [-0.1, -0.05) is 146 Å². The molecule has 4 heterocycles. The molecule has 0 N–H and O–H groups in total. The minimum atomic E-state index is 0.572. The van der Waals surface area contributed by atoms with E-state index in [1.165, 1.54) is 58.1 Å². The molecule has 4 aromatic heterocycles. The van der Waals surface area contributed by atoms with Gasteiger partial charge in [-0.25, -0.2) is 4.98 Å². The molecule has 0 aliphatic carbocycles. The average molecular weight is 694 g/mol. The van der Waals surface area contributed by atoms with Crippen LogP contribution in [0.25, 0.3) is 114 Å². The first-order chi connectivity index (χ1) is 26.3. The maximum absolute atomic E-state index is 6.58. The molecule has 0 radical (unpaired) electrons. The molecule has 0 saturated heterocycles. The highest BCUT2D eigenvalue weighted by atomic mass is 32.1. The third-order valence-corrected chi connectivity index (χ3v) is 12.0. The van der Waals surface area contributed by atoms with Gasteiger partial charge in [-0.3, -0.25) is 4.57 Å². The van der Waals surface area contributed by atoms with E-state index >= 15 is 0 Å². The van der Waals surface area contributed by atoms with Crippen molar-refractivity contribution in [3.8, 4) is 28.3 Å². The normalized spacial score (nSPS) is 12.2. The second kappa shape index (κ2) is 10.8. The molecule has 0 amide bonds. The number of fused-ring (bicyclic) bond motifs is 15. The molecule has 53 heavy (non-hydrogen) atoms. The summed E-state index contributed by atoms with van der Waals surface area (Å²) in [6.45, 7) is 0. The number of nitrogens with zero attached hydrogens (tertiary/aromatic N) is 3. The summed E-state index contributed by atoms with van der Waals surface area (Å²) in [4.78, 5) is 10.9. The van der Waals surface area contributed by atoms with Gasteiger partial charge < -0.3 is 4.42 Å². The van der Waals surface area contributed by atoms with E-state index in [4.69, 9.17) is 14.4 Å². The molecule has 0 aliphatic heterocycles. The van der Waals surface area contributed by atoms with Gasteiger partial charge in [0.2, 0.25) is 11.7 Å². The smallest absolute Gasteiger partial charge is 0.238 e. The number of aromatic nitrogens is 3. The third-order valence-electron chi connectivity index (χ3n) is 10.8. The summed E-state index contributed by atoms with van der Waals surface area (Å²) in [5, 5.41) is 11.8. The Hall–Kier alpha value is -6.82. The van der Waals surface area contributed by atoms with E-state index < -0.39 is 0 Å². The van der Waals surface area contributed by atoms with Crippen LogP contribution in [0.2, 0.25) is 0 Å². The summed E-state index contributed by atoms with van der Waals surface area (Å²) >= 11 is 1.84. The van der Waals surface area contributed by atoms with Gasteiger partial charge in [0.1, 0.15) is 5.58 Å². The molecular weight excluding hydrogens is 667 g/mol. The highest BCUT2D eigenvalue weighted by molar-refractivity contribution is 7.27. The van der Waals surface area contributed by atoms with Crippen molar-refractivity contribution in [3.63, 3.8) is 0 Å². The molecule has 0 bridgehead atoms. The Morgan fingerprint density at radius 3 is 1.92 bits per heavy atom. The molecule has 246 valence electrons. The standard InChI is InChI=1S/C48H27N3OS/c1-2-12-28(13-3-1)29-22-24-31(25-23-29)44-43-35-18-8-10-20-38(35)52-47(43)50-48(49-44)51-37-27-26-30-14-4-5-15-32(30)41(37)42-34-17-7-6-16-33(34)40-36-19-9-11-21-39(36)53-46(40)45(42)51/h1-27H. The number of benzene rings is 8. The lowest BCUT2D eigenvalue weighted by molar-refractivity contribution is 0.651. The second-order valence-electron chi connectivity index (χ2n) is 13.7. The van der Waals surface area contributed by atoms with E-state index in [-0.39, 0.29) is 0 Å². The number of furan rings is 1. The van der Waals surface area contributed by atoms with Crippen LogP contribution >= 0.6 is 11.3 Å². The van der Waals surface area contributed by atoms with Gasteiger partial charge in [-0.15, -0.1) is 11.3 Å². The van der Waals surface area contributed by atoms with E-state index in [0.717, 1.165) is 44.2 Å². The summed E-state index contributed by atoms with van der Waals surface area (Å²) in [6, 6.07) is 58.2. The largest absolute Gasteiger partial charge is 0.437 e. The second-order valence-corrected chi connectivity index (χ2v) is 14.7. The van der Waals surface area contributed by atoms with Crippen LogP contribution in [0.4, 0.5) is 0 Å². The Bertz CT molecular complexity index is 3450. The summed E-state index contributed by atoms with van der Waals surface area (Å²) in [6.07, 6.45) is 0.